The molecule has 0 saturated heterocycles. The Morgan fingerprint density at radius 3 is 2.67 bits per heavy atom. The predicted octanol–water partition coefficient (Wildman–Crippen LogP) is 2.98. The Labute approximate surface area is 132 Å². The van der Waals surface area contributed by atoms with E-state index in [1.165, 1.54) is 12.1 Å². The van der Waals surface area contributed by atoms with Crippen LogP contribution < -0.4 is 10.5 Å². The molecule has 5 nitrogen and oxygen atoms in total. The van der Waals surface area contributed by atoms with Crippen molar-refractivity contribution in [3.8, 4) is 0 Å². The average Bonchev–Trinajstić information content (AvgIpc) is 2.42. The molecular weight excluding hydrogens is 356 g/mol. The van der Waals surface area contributed by atoms with Crippen molar-refractivity contribution in [3.63, 3.8) is 0 Å². The highest BCUT2D eigenvalue weighted by molar-refractivity contribution is 9.10. The van der Waals surface area contributed by atoms with Crippen LogP contribution in [0.4, 0.5) is 11.4 Å². The molecule has 0 aliphatic carbocycles. The van der Waals surface area contributed by atoms with Gasteiger partial charge in [-0.2, -0.15) is 0 Å². The highest BCUT2D eigenvalue weighted by Crippen LogP contribution is 2.24. The van der Waals surface area contributed by atoms with Gasteiger partial charge < -0.3 is 10.5 Å². The number of benzene rings is 2. The number of halogens is 1. The van der Waals surface area contributed by atoms with Crippen molar-refractivity contribution in [2.45, 2.75) is 11.5 Å². The molecule has 0 fully saturated rings. The van der Waals surface area contributed by atoms with Crippen LogP contribution in [0.5, 0.6) is 0 Å². The minimum Gasteiger partial charge on any atom is -0.398 e. The SMILES string of the molecule is COCc1cccc(NS(=O)(=O)c2ccc(N)c(Br)c2)c1. The molecule has 112 valence electrons. The van der Waals surface area contributed by atoms with Gasteiger partial charge in [0.15, 0.2) is 0 Å². The van der Waals surface area contributed by atoms with Crippen LogP contribution in [0, 0.1) is 0 Å². The third-order valence-electron chi connectivity index (χ3n) is 2.77. The summed E-state index contributed by atoms with van der Waals surface area (Å²) in [5.41, 5.74) is 7.51. The first-order valence-corrected chi connectivity index (χ1v) is 8.36. The lowest BCUT2D eigenvalue weighted by Crippen LogP contribution is -2.13. The lowest BCUT2D eigenvalue weighted by molar-refractivity contribution is 0.185. The first-order valence-electron chi connectivity index (χ1n) is 6.08. The van der Waals surface area contributed by atoms with E-state index in [9.17, 15) is 8.42 Å². The Hall–Kier alpha value is -1.57. The van der Waals surface area contributed by atoms with Crippen molar-refractivity contribution >= 4 is 37.3 Å². The van der Waals surface area contributed by atoms with E-state index in [0.29, 0.717) is 22.5 Å². The molecule has 0 amide bonds. The molecule has 0 heterocycles. The van der Waals surface area contributed by atoms with Crippen molar-refractivity contribution in [1.29, 1.82) is 0 Å². The first-order chi connectivity index (χ1) is 9.92. The molecule has 3 N–H and O–H groups in total. The van der Waals surface area contributed by atoms with E-state index in [-0.39, 0.29) is 4.90 Å². The van der Waals surface area contributed by atoms with Crippen LogP contribution in [0.2, 0.25) is 0 Å². The zero-order chi connectivity index (χ0) is 15.5. The number of nitrogen functional groups attached to an aromatic ring is 1. The van der Waals surface area contributed by atoms with E-state index < -0.39 is 10.0 Å². The second-order valence-electron chi connectivity index (χ2n) is 4.42. The monoisotopic (exact) mass is 370 g/mol. The van der Waals surface area contributed by atoms with Crippen LogP contribution in [-0.4, -0.2) is 15.5 Å². The summed E-state index contributed by atoms with van der Waals surface area (Å²) < 4.78 is 32.8. The Balaban J connectivity index is 2.28. The van der Waals surface area contributed by atoms with Crippen LogP contribution in [0.3, 0.4) is 0 Å². The molecule has 2 aromatic rings. The van der Waals surface area contributed by atoms with Gasteiger partial charge in [0.05, 0.1) is 11.5 Å². The number of methoxy groups -OCH3 is 1. The molecular formula is C14H15BrN2O3S. The van der Waals surface area contributed by atoms with Gasteiger partial charge in [-0.25, -0.2) is 8.42 Å². The zero-order valence-corrected chi connectivity index (χ0v) is 13.7. The third-order valence-corrected chi connectivity index (χ3v) is 4.84. The molecule has 0 atom stereocenters. The van der Waals surface area contributed by atoms with Crippen molar-refractivity contribution in [1.82, 2.24) is 0 Å². The summed E-state index contributed by atoms with van der Waals surface area (Å²) in [5.74, 6) is 0. The van der Waals surface area contributed by atoms with Crippen molar-refractivity contribution in [2.24, 2.45) is 0 Å². The molecule has 0 aliphatic rings. The highest BCUT2D eigenvalue weighted by Gasteiger charge is 2.15. The molecule has 2 aromatic carbocycles. The molecule has 0 unspecified atom stereocenters. The fraction of sp³-hybridized carbons (Fsp3) is 0.143. The number of ether oxygens (including phenoxy) is 1. The number of hydrogen-bond donors (Lipinski definition) is 2. The second-order valence-corrected chi connectivity index (χ2v) is 6.96. The molecule has 0 saturated carbocycles. The maximum Gasteiger partial charge on any atom is 0.261 e. The highest BCUT2D eigenvalue weighted by atomic mass is 79.9. The van der Waals surface area contributed by atoms with Gasteiger partial charge >= 0.3 is 0 Å². The van der Waals surface area contributed by atoms with Gasteiger partial charge in [0.25, 0.3) is 10.0 Å². The van der Waals surface area contributed by atoms with Crippen molar-refractivity contribution in [3.05, 3.63) is 52.5 Å². The van der Waals surface area contributed by atoms with Gasteiger partial charge in [0, 0.05) is 23.0 Å². The summed E-state index contributed by atoms with van der Waals surface area (Å²) in [6, 6.07) is 11.5. The number of nitrogens with two attached hydrogens (primary N) is 1. The normalized spacial score (nSPS) is 11.3. The fourth-order valence-corrected chi connectivity index (χ4v) is 3.39. The van der Waals surface area contributed by atoms with Crippen LogP contribution in [0.15, 0.2) is 51.8 Å². The predicted molar refractivity (Wildman–Crippen MR) is 86.5 cm³/mol. The third kappa shape index (κ3) is 3.96. The zero-order valence-electron chi connectivity index (χ0n) is 11.3. The summed E-state index contributed by atoms with van der Waals surface area (Å²) in [6.07, 6.45) is 0. The Kier molecular flexibility index (Phi) is 4.87. The topological polar surface area (TPSA) is 81.4 Å². The maximum absolute atomic E-state index is 12.3. The summed E-state index contributed by atoms with van der Waals surface area (Å²) in [7, 11) is -2.07. The standard InChI is InChI=1S/C14H15BrN2O3S/c1-20-9-10-3-2-4-11(7-10)17-21(18,19)12-5-6-14(16)13(15)8-12/h2-8,17H,9,16H2,1H3. The van der Waals surface area contributed by atoms with E-state index in [2.05, 4.69) is 20.7 Å². The van der Waals surface area contributed by atoms with Gasteiger partial charge in [0.1, 0.15) is 0 Å². The lowest BCUT2D eigenvalue weighted by atomic mass is 10.2. The summed E-state index contributed by atoms with van der Waals surface area (Å²) in [5, 5.41) is 0. The number of hydrogen-bond acceptors (Lipinski definition) is 4. The van der Waals surface area contributed by atoms with Crippen LogP contribution in [0.1, 0.15) is 5.56 Å². The molecule has 0 bridgehead atoms. The van der Waals surface area contributed by atoms with Crippen LogP contribution in [-0.2, 0) is 21.4 Å². The quantitative estimate of drug-likeness (QED) is 0.792. The Bertz CT molecular complexity index is 748. The summed E-state index contributed by atoms with van der Waals surface area (Å²) in [6.45, 7) is 0.420. The molecule has 0 aliphatic heterocycles. The van der Waals surface area contributed by atoms with Gasteiger partial charge in [-0.05, 0) is 51.8 Å². The van der Waals surface area contributed by atoms with Crippen LogP contribution in [0.25, 0.3) is 0 Å². The van der Waals surface area contributed by atoms with Crippen molar-refractivity contribution in [2.75, 3.05) is 17.6 Å². The number of nitrogens with one attached hydrogen (secondary N) is 1. The second kappa shape index (κ2) is 6.46. The molecule has 0 aromatic heterocycles. The van der Waals surface area contributed by atoms with Crippen molar-refractivity contribution < 1.29 is 13.2 Å². The Morgan fingerprint density at radius 2 is 2.00 bits per heavy atom. The minimum absolute atomic E-state index is 0.140. The van der Waals surface area contributed by atoms with Crippen LogP contribution >= 0.6 is 15.9 Å². The molecule has 0 radical (unpaired) electrons. The summed E-state index contributed by atoms with van der Waals surface area (Å²) in [4.78, 5) is 0.140. The first kappa shape index (κ1) is 15.8. The van der Waals surface area contributed by atoms with E-state index in [4.69, 9.17) is 10.5 Å². The lowest BCUT2D eigenvalue weighted by Gasteiger charge is -2.10. The van der Waals surface area contributed by atoms with E-state index >= 15 is 0 Å². The number of anilines is 2. The van der Waals surface area contributed by atoms with E-state index in [1.54, 1.807) is 31.4 Å². The smallest absolute Gasteiger partial charge is 0.261 e. The fourth-order valence-electron chi connectivity index (χ4n) is 1.78. The van der Waals surface area contributed by atoms with Gasteiger partial charge in [-0.3, -0.25) is 4.72 Å². The van der Waals surface area contributed by atoms with Gasteiger partial charge in [-0.1, -0.05) is 12.1 Å². The average molecular weight is 371 g/mol. The largest absolute Gasteiger partial charge is 0.398 e. The molecule has 0 spiro atoms. The molecule has 2 rings (SSSR count). The maximum atomic E-state index is 12.3. The van der Waals surface area contributed by atoms with Gasteiger partial charge in [0.2, 0.25) is 0 Å². The van der Waals surface area contributed by atoms with E-state index in [1.807, 2.05) is 6.07 Å². The minimum atomic E-state index is -3.66. The summed E-state index contributed by atoms with van der Waals surface area (Å²) >= 11 is 3.22. The van der Waals surface area contributed by atoms with E-state index in [0.717, 1.165) is 5.56 Å². The molecule has 21 heavy (non-hydrogen) atoms. The number of rotatable bonds is 5. The van der Waals surface area contributed by atoms with Gasteiger partial charge in [-0.15, -0.1) is 0 Å². The molecule has 7 heteroatoms. The number of sulfonamides is 1. The Morgan fingerprint density at radius 1 is 1.24 bits per heavy atom.